The Labute approximate surface area is 303 Å². The maximum atomic E-state index is 14.5. The van der Waals surface area contributed by atoms with Crippen molar-refractivity contribution in [1.82, 2.24) is 9.80 Å². The summed E-state index contributed by atoms with van der Waals surface area (Å²) in [6, 6.07) is 19.0. The third-order valence-electron chi connectivity index (χ3n) is 11.4. The first-order valence-corrected chi connectivity index (χ1v) is 17.9. The number of carbonyl (C=O) groups is 4. The van der Waals surface area contributed by atoms with Gasteiger partial charge in [-0.2, -0.15) is 0 Å². The quantitative estimate of drug-likeness (QED) is 0.185. The van der Waals surface area contributed by atoms with Crippen molar-refractivity contribution in [1.29, 1.82) is 0 Å². The molecular formula is C38H33Cl3FN3O5. The van der Waals surface area contributed by atoms with Gasteiger partial charge < -0.3 is 5.11 Å². The van der Waals surface area contributed by atoms with Gasteiger partial charge in [0.25, 0.3) is 11.8 Å². The number of hydrogen-bond donors (Lipinski definition) is 1. The van der Waals surface area contributed by atoms with E-state index in [2.05, 4.69) is 17.0 Å². The lowest BCUT2D eigenvalue weighted by Gasteiger charge is -2.51. The van der Waals surface area contributed by atoms with Crippen molar-refractivity contribution >= 4 is 64.1 Å². The van der Waals surface area contributed by atoms with Crippen LogP contribution < -0.4 is 4.90 Å². The number of imide groups is 2. The summed E-state index contributed by atoms with van der Waals surface area (Å²) in [5.74, 6) is -6.09. The van der Waals surface area contributed by atoms with Crippen molar-refractivity contribution in [2.24, 2.45) is 17.8 Å². The summed E-state index contributed by atoms with van der Waals surface area (Å²) in [7, 11) is 0. The highest BCUT2D eigenvalue weighted by Crippen LogP contribution is 2.66. The molecule has 8 nitrogen and oxygen atoms in total. The fourth-order valence-electron chi connectivity index (χ4n) is 9.06. The summed E-state index contributed by atoms with van der Waals surface area (Å²) >= 11 is 21.5. The smallest absolute Gasteiger partial charge is 0.258 e. The minimum absolute atomic E-state index is 0.0934. The second kappa shape index (κ2) is 12.2. The average molecular weight is 737 g/mol. The molecule has 50 heavy (non-hydrogen) atoms. The number of benzene rings is 3. The molecule has 0 unspecified atom stereocenters. The van der Waals surface area contributed by atoms with Gasteiger partial charge in [0, 0.05) is 36.6 Å². The summed E-state index contributed by atoms with van der Waals surface area (Å²) in [5, 5.41) is 10.3. The number of piperidine rings is 1. The second-order valence-corrected chi connectivity index (χ2v) is 15.6. The van der Waals surface area contributed by atoms with Crippen LogP contribution >= 0.6 is 34.8 Å². The third-order valence-corrected chi connectivity index (χ3v) is 13.1. The van der Waals surface area contributed by atoms with Gasteiger partial charge in [0.15, 0.2) is 9.75 Å². The lowest BCUT2D eigenvalue weighted by Crippen LogP contribution is -2.60. The van der Waals surface area contributed by atoms with Crippen molar-refractivity contribution in [2.75, 3.05) is 18.0 Å². The number of phenolic OH excluding ortho intramolecular Hbond substituents is 1. The molecule has 12 heteroatoms. The zero-order valence-electron chi connectivity index (χ0n) is 26.8. The Morgan fingerprint density at radius 2 is 1.56 bits per heavy atom. The summed E-state index contributed by atoms with van der Waals surface area (Å²) < 4.78 is 13.9. The molecule has 3 aromatic carbocycles. The van der Waals surface area contributed by atoms with Crippen LogP contribution in [-0.4, -0.2) is 67.4 Å². The number of anilines is 1. The molecule has 3 aliphatic heterocycles. The molecule has 3 aromatic rings. The monoisotopic (exact) mass is 735 g/mol. The molecule has 0 radical (unpaired) electrons. The normalized spacial score (nSPS) is 31.5. The van der Waals surface area contributed by atoms with Gasteiger partial charge in [-0.25, -0.2) is 9.29 Å². The van der Waals surface area contributed by atoms with E-state index in [1.54, 1.807) is 0 Å². The zero-order chi connectivity index (χ0) is 35.1. The summed E-state index contributed by atoms with van der Waals surface area (Å²) in [6.07, 6.45) is 3.20. The predicted octanol–water partition coefficient (Wildman–Crippen LogP) is 6.41. The number of phenols is 1. The Bertz CT molecular complexity index is 1950. The first kappa shape index (κ1) is 33.4. The molecule has 4 fully saturated rings. The van der Waals surface area contributed by atoms with Gasteiger partial charge in [-0.15, -0.1) is 23.2 Å². The molecule has 2 aliphatic carbocycles. The maximum absolute atomic E-state index is 14.5. The SMILES string of the molecule is O=C1[C@H]2[C@H](CC=C3[C@H]2C[C@@]2(Cl)C(=O)N(c4ccc(F)cc4)C(=O)[C@@]2(Cl)[C@H]3c2ccc(O)cc2Cl)C(=O)N1C1CCN(Cc2ccccc2)CC1. The molecular weight excluding hydrogens is 704 g/mol. The lowest BCUT2D eigenvalue weighted by atomic mass is 9.56. The highest BCUT2D eigenvalue weighted by atomic mass is 35.5. The van der Waals surface area contributed by atoms with E-state index in [9.17, 15) is 28.7 Å². The fourth-order valence-corrected chi connectivity index (χ4v) is 10.3. The van der Waals surface area contributed by atoms with E-state index in [1.165, 1.54) is 40.8 Å². The lowest BCUT2D eigenvalue weighted by molar-refractivity contribution is -0.144. The van der Waals surface area contributed by atoms with Crippen LogP contribution in [0.25, 0.3) is 0 Å². The van der Waals surface area contributed by atoms with Crippen molar-refractivity contribution < 1.29 is 28.7 Å². The van der Waals surface area contributed by atoms with Crippen molar-refractivity contribution in [3.05, 3.63) is 106 Å². The average Bonchev–Trinajstić information content (AvgIpc) is 3.44. The molecule has 4 amide bonds. The first-order chi connectivity index (χ1) is 23.9. The number of halogens is 4. The molecule has 1 saturated carbocycles. The van der Waals surface area contributed by atoms with E-state index >= 15 is 0 Å². The standard InChI is InChI=1S/C38H33Cl3FN3O5/c39-30-18-25(46)10-11-27(30)32-26-12-13-28-31(34(48)44(33(28)47)24-14-16-43(17-15-24)20-21-4-2-1-3-5-21)29(26)19-37(40)35(49)45(36(50)38(32,37)41)23-8-6-22(42)7-9-23/h1-12,18,24,28-29,31-32,46H,13-17,19-20H2/t28-,29+,31-,32+,37+,38-/m0/s1. The van der Waals surface area contributed by atoms with E-state index in [0.717, 1.165) is 36.7 Å². The van der Waals surface area contributed by atoms with Gasteiger partial charge in [-0.1, -0.05) is 59.6 Å². The Morgan fingerprint density at radius 3 is 2.24 bits per heavy atom. The molecule has 0 spiro atoms. The number of rotatable bonds is 5. The molecule has 0 aromatic heterocycles. The number of hydrogen-bond acceptors (Lipinski definition) is 6. The van der Waals surface area contributed by atoms with Crippen LogP contribution in [0.1, 0.15) is 42.7 Å². The van der Waals surface area contributed by atoms with Crippen molar-refractivity contribution in [3.8, 4) is 5.75 Å². The number of amides is 4. The van der Waals surface area contributed by atoms with Crippen LogP contribution in [-0.2, 0) is 25.7 Å². The summed E-state index contributed by atoms with van der Waals surface area (Å²) in [5.41, 5.74) is 2.25. The molecule has 0 bridgehead atoms. The highest BCUT2D eigenvalue weighted by molar-refractivity contribution is 6.58. The third kappa shape index (κ3) is 4.88. The molecule has 5 aliphatic rings. The van der Waals surface area contributed by atoms with Gasteiger partial charge in [0.2, 0.25) is 11.8 Å². The Hall–Kier alpha value is -3.76. The number of aromatic hydroxyl groups is 1. The van der Waals surface area contributed by atoms with Crippen LogP contribution in [0, 0.1) is 23.6 Å². The van der Waals surface area contributed by atoms with Crippen molar-refractivity contribution in [3.63, 3.8) is 0 Å². The van der Waals surface area contributed by atoms with Crippen molar-refractivity contribution in [2.45, 2.75) is 53.9 Å². The summed E-state index contributed by atoms with van der Waals surface area (Å²) in [4.78, 5) is 58.0. The van der Waals surface area contributed by atoms with Gasteiger partial charge in [-0.05, 0) is 79.1 Å². The molecule has 3 saturated heterocycles. The Morgan fingerprint density at radius 1 is 0.860 bits per heavy atom. The zero-order valence-corrected chi connectivity index (χ0v) is 29.0. The molecule has 8 rings (SSSR count). The van der Waals surface area contributed by atoms with Gasteiger partial charge in [0.05, 0.1) is 17.5 Å². The number of carbonyl (C=O) groups excluding carboxylic acids is 4. The number of allylic oxidation sites excluding steroid dienone is 2. The molecule has 258 valence electrons. The number of nitrogens with zero attached hydrogens (tertiary/aromatic N) is 3. The molecule has 1 N–H and O–H groups in total. The van der Waals surface area contributed by atoms with E-state index in [-0.39, 0.29) is 47.2 Å². The van der Waals surface area contributed by atoms with Gasteiger partial charge in [0.1, 0.15) is 11.6 Å². The van der Waals surface area contributed by atoms with E-state index < -0.39 is 51.1 Å². The van der Waals surface area contributed by atoms with E-state index in [0.29, 0.717) is 24.0 Å². The fraction of sp³-hybridized carbons (Fsp3) is 0.368. The summed E-state index contributed by atoms with van der Waals surface area (Å²) in [6.45, 7) is 2.25. The van der Waals surface area contributed by atoms with Gasteiger partial charge in [-0.3, -0.25) is 29.0 Å². The highest BCUT2D eigenvalue weighted by Gasteiger charge is 2.77. The van der Waals surface area contributed by atoms with Crippen LogP contribution in [0.4, 0.5) is 10.1 Å². The second-order valence-electron chi connectivity index (χ2n) is 14.0. The molecule has 6 atom stereocenters. The Kier molecular flexibility index (Phi) is 8.14. The van der Waals surface area contributed by atoms with Crippen LogP contribution in [0.2, 0.25) is 5.02 Å². The minimum Gasteiger partial charge on any atom is -0.508 e. The number of likely N-dealkylation sites (tertiary alicyclic amines) is 2. The largest absolute Gasteiger partial charge is 0.508 e. The maximum Gasteiger partial charge on any atom is 0.258 e. The molecule has 3 heterocycles. The van der Waals surface area contributed by atoms with Crippen LogP contribution in [0.3, 0.4) is 0 Å². The minimum atomic E-state index is -2.10. The topological polar surface area (TPSA) is 98.2 Å². The predicted molar refractivity (Wildman–Crippen MR) is 186 cm³/mol. The van der Waals surface area contributed by atoms with Crippen LogP contribution in [0.15, 0.2) is 84.4 Å². The number of alkyl halides is 2. The number of fused-ring (bicyclic) bond motifs is 4. The van der Waals surface area contributed by atoms with Gasteiger partial charge >= 0.3 is 0 Å². The van der Waals surface area contributed by atoms with Crippen LogP contribution in [0.5, 0.6) is 5.75 Å². The van der Waals surface area contributed by atoms with E-state index in [1.807, 2.05) is 24.3 Å². The first-order valence-electron chi connectivity index (χ1n) is 16.8. The Balaban J connectivity index is 1.15. The van der Waals surface area contributed by atoms with E-state index in [4.69, 9.17) is 34.8 Å².